The van der Waals surface area contributed by atoms with Crippen LogP contribution in [0.1, 0.15) is 11.6 Å². The summed E-state index contributed by atoms with van der Waals surface area (Å²) < 4.78 is 36.1. The minimum atomic E-state index is -4.45. The summed E-state index contributed by atoms with van der Waals surface area (Å²) in [6.07, 6.45) is -3.43. The Labute approximate surface area is 89.7 Å². The average molecular weight is 247 g/mol. The van der Waals surface area contributed by atoms with Crippen molar-refractivity contribution in [3.05, 3.63) is 29.0 Å². The molecule has 14 heavy (non-hydrogen) atoms. The lowest BCUT2D eigenvalue weighted by Crippen LogP contribution is -2.28. The van der Waals surface area contributed by atoms with Crippen LogP contribution in [0.15, 0.2) is 18.3 Å². The predicted octanol–water partition coefficient (Wildman–Crippen LogP) is 2.72. The van der Waals surface area contributed by atoms with Crippen molar-refractivity contribution in [2.24, 2.45) is 5.73 Å². The van der Waals surface area contributed by atoms with Gasteiger partial charge >= 0.3 is 6.18 Å². The highest BCUT2D eigenvalue weighted by Crippen LogP contribution is 2.30. The minimum absolute atomic E-state index is 0. The van der Waals surface area contributed by atoms with Crippen molar-refractivity contribution in [3.63, 3.8) is 0 Å². The van der Waals surface area contributed by atoms with Crippen LogP contribution in [0.25, 0.3) is 0 Å². The summed E-state index contributed by atoms with van der Waals surface area (Å²) in [5.74, 6) is 0. The van der Waals surface area contributed by atoms with Gasteiger partial charge in [0.25, 0.3) is 0 Å². The molecule has 0 unspecified atom stereocenters. The Balaban J connectivity index is 0.00000169. The van der Waals surface area contributed by atoms with Crippen LogP contribution in [0, 0.1) is 0 Å². The summed E-state index contributed by atoms with van der Waals surface area (Å²) in [6, 6.07) is 0.466. The van der Waals surface area contributed by atoms with Crippen LogP contribution < -0.4 is 5.73 Å². The molecule has 1 heterocycles. The predicted molar refractivity (Wildman–Crippen MR) is 49.5 cm³/mol. The monoisotopic (exact) mass is 246 g/mol. The molecule has 1 aromatic rings. The molecule has 80 valence electrons. The molecule has 1 atom stereocenters. The molecule has 0 aliphatic rings. The Kier molecular flexibility index (Phi) is 4.64. The van der Waals surface area contributed by atoms with E-state index >= 15 is 0 Å². The number of halogens is 5. The molecule has 1 rings (SSSR count). The van der Waals surface area contributed by atoms with Gasteiger partial charge in [0.15, 0.2) is 0 Å². The molecule has 0 spiro atoms. The first-order valence-corrected chi connectivity index (χ1v) is 3.73. The smallest absolute Gasteiger partial charge is 0.316 e. The molecule has 2 nitrogen and oxygen atoms in total. The molecular weight excluding hydrogens is 240 g/mol. The zero-order valence-electron chi connectivity index (χ0n) is 6.75. The number of hydrogen-bond donors (Lipinski definition) is 1. The van der Waals surface area contributed by atoms with E-state index in [1.807, 2.05) is 0 Å². The average Bonchev–Trinajstić information content (AvgIpc) is 2.03. The van der Waals surface area contributed by atoms with Gasteiger partial charge in [-0.2, -0.15) is 13.2 Å². The quantitative estimate of drug-likeness (QED) is 0.775. The zero-order valence-corrected chi connectivity index (χ0v) is 8.33. The van der Waals surface area contributed by atoms with Crippen LogP contribution in [0.3, 0.4) is 0 Å². The standard InChI is InChI=1S/C7H6ClF3N2.ClH/c8-5-2-1-4(3-13-5)6(12)7(9,10)11;/h1-3,6H,12H2;1H/t6-;/m0./s1. The van der Waals surface area contributed by atoms with Crippen LogP contribution >= 0.6 is 24.0 Å². The van der Waals surface area contributed by atoms with Crippen LogP contribution in [0.4, 0.5) is 13.2 Å². The maximum absolute atomic E-state index is 12.0. The van der Waals surface area contributed by atoms with E-state index in [2.05, 4.69) is 4.98 Å². The largest absolute Gasteiger partial charge is 0.407 e. The second-order valence-electron chi connectivity index (χ2n) is 2.43. The fourth-order valence-electron chi connectivity index (χ4n) is 0.760. The maximum atomic E-state index is 12.0. The number of rotatable bonds is 1. The number of nitrogens with zero attached hydrogens (tertiary/aromatic N) is 1. The summed E-state index contributed by atoms with van der Waals surface area (Å²) in [5, 5.41) is 0.137. The second kappa shape index (κ2) is 4.82. The van der Waals surface area contributed by atoms with Gasteiger partial charge in [-0.05, 0) is 11.6 Å². The topological polar surface area (TPSA) is 38.9 Å². The van der Waals surface area contributed by atoms with E-state index in [4.69, 9.17) is 17.3 Å². The van der Waals surface area contributed by atoms with E-state index < -0.39 is 12.2 Å². The third kappa shape index (κ3) is 3.32. The molecule has 0 aliphatic heterocycles. The molecule has 0 aliphatic carbocycles. The van der Waals surface area contributed by atoms with E-state index in [1.165, 1.54) is 12.1 Å². The third-order valence-corrected chi connectivity index (χ3v) is 1.69. The highest BCUT2D eigenvalue weighted by Gasteiger charge is 2.37. The molecule has 0 fully saturated rings. The molecule has 0 bridgehead atoms. The summed E-state index contributed by atoms with van der Waals surface area (Å²) >= 11 is 5.40. The SMILES string of the molecule is Cl.N[C@@H](c1ccc(Cl)nc1)C(F)(F)F. The maximum Gasteiger partial charge on any atom is 0.407 e. The van der Waals surface area contributed by atoms with Gasteiger partial charge in [0.05, 0.1) is 0 Å². The summed E-state index contributed by atoms with van der Waals surface area (Å²) in [6.45, 7) is 0. The Bertz CT molecular complexity index is 286. The van der Waals surface area contributed by atoms with Crippen molar-refractivity contribution in [1.29, 1.82) is 0 Å². The van der Waals surface area contributed by atoms with E-state index in [9.17, 15) is 13.2 Å². The normalized spacial score (nSPS) is 13.2. The number of pyridine rings is 1. The molecule has 0 radical (unpaired) electrons. The van der Waals surface area contributed by atoms with E-state index in [-0.39, 0.29) is 23.1 Å². The molecule has 1 aromatic heterocycles. The number of aromatic nitrogens is 1. The van der Waals surface area contributed by atoms with Crippen LogP contribution in [0.5, 0.6) is 0 Å². The fourth-order valence-corrected chi connectivity index (χ4v) is 0.872. The van der Waals surface area contributed by atoms with Crippen molar-refractivity contribution >= 4 is 24.0 Å². The van der Waals surface area contributed by atoms with Crippen LogP contribution in [0.2, 0.25) is 5.15 Å². The van der Waals surface area contributed by atoms with Crippen LogP contribution in [-0.2, 0) is 0 Å². The molecule has 0 amide bonds. The Morgan fingerprint density at radius 3 is 2.29 bits per heavy atom. The molecule has 0 aromatic carbocycles. The molecule has 2 N–H and O–H groups in total. The van der Waals surface area contributed by atoms with Crippen molar-refractivity contribution < 1.29 is 13.2 Å². The number of alkyl halides is 3. The first-order chi connectivity index (χ1) is 5.91. The second-order valence-corrected chi connectivity index (χ2v) is 2.82. The lowest BCUT2D eigenvalue weighted by Gasteiger charge is -2.14. The summed E-state index contributed by atoms with van der Waals surface area (Å²) in [7, 11) is 0. The number of nitrogens with two attached hydrogens (primary N) is 1. The van der Waals surface area contributed by atoms with Gasteiger partial charge < -0.3 is 5.73 Å². The minimum Gasteiger partial charge on any atom is -0.316 e. The first-order valence-electron chi connectivity index (χ1n) is 3.35. The summed E-state index contributed by atoms with van der Waals surface area (Å²) in [4.78, 5) is 3.50. The van der Waals surface area contributed by atoms with Gasteiger partial charge in [-0.15, -0.1) is 12.4 Å². The van der Waals surface area contributed by atoms with Gasteiger partial charge in [-0.25, -0.2) is 4.98 Å². The highest BCUT2D eigenvalue weighted by atomic mass is 35.5. The lowest BCUT2D eigenvalue weighted by atomic mass is 10.1. The molecular formula is C7H7Cl2F3N2. The van der Waals surface area contributed by atoms with E-state index in [1.54, 1.807) is 0 Å². The molecule has 0 saturated carbocycles. The highest BCUT2D eigenvalue weighted by molar-refractivity contribution is 6.29. The first kappa shape index (κ1) is 13.5. The Morgan fingerprint density at radius 1 is 1.36 bits per heavy atom. The van der Waals surface area contributed by atoms with Crippen molar-refractivity contribution in [2.45, 2.75) is 12.2 Å². The van der Waals surface area contributed by atoms with E-state index in [0.29, 0.717) is 0 Å². The fraction of sp³-hybridized carbons (Fsp3) is 0.286. The van der Waals surface area contributed by atoms with Crippen LogP contribution in [-0.4, -0.2) is 11.2 Å². The zero-order chi connectivity index (χ0) is 10.1. The van der Waals surface area contributed by atoms with Gasteiger partial charge in [0.2, 0.25) is 0 Å². The summed E-state index contributed by atoms with van der Waals surface area (Å²) in [5.41, 5.74) is 4.81. The van der Waals surface area contributed by atoms with Crippen molar-refractivity contribution in [2.75, 3.05) is 0 Å². The molecule has 0 saturated heterocycles. The van der Waals surface area contributed by atoms with E-state index in [0.717, 1.165) is 6.20 Å². The lowest BCUT2D eigenvalue weighted by molar-refractivity contribution is -0.149. The Hall–Kier alpha value is -0.520. The van der Waals surface area contributed by atoms with Gasteiger partial charge in [0.1, 0.15) is 11.2 Å². The van der Waals surface area contributed by atoms with Gasteiger partial charge in [0, 0.05) is 6.20 Å². The van der Waals surface area contributed by atoms with Crippen molar-refractivity contribution in [3.8, 4) is 0 Å². The third-order valence-electron chi connectivity index (χ3n) is 1.46. The Morgan fingerprint density at radius 2 is 1.93 bits per heavy atom. The van der Waals surface area contributed by atoms with Gasteiger partial charge in [-0.3, -0.25) is 0 Å². The molecule has 7 heteroatoms. The van der Waals surface area contributed by atoms with Crippen molar-refractivity contribution in [1.82, 2.24) is 4.98 Å². The number of hydrogen-bond acceptors (Lipinski definition) is 2. The van der Waals surface area contributed by atoms with Gasteiger partial charge in [-0.1, -0.05) is 17.7 Å².